The summed E-state index contributed by atoms with van der Waals surface area (Å²) >= 11 is 0. The molecule has 0 spiro atoms. The molecule has 2 rings (SSSR count). The minimum atomic E-state index is -0.307. The van der Waals surface area contributed by atoms with Gasteiger partial charge in [-0.05, 0) is 32.0 Å². The van der Waals surface area contributed by atoms with Gasteiger partial charge in [0.25, 0.3) is 0 Å². The molecule has 1 atom stereocenters. The molecule has 4 nitrogen and oxygen atoms in total. The first-order valence-electron chi connectivity index (χ1n) is 6.28. The van der Waals surface area contributed by atoms with E-state index in [1.165, 1.54) is 12.1 Å². The highest BCUT2D eigenvalue weighted by Crippen LogP contribution is 2.25. The van der Waals surface area contributed by atoms with Crippen LogP contribution in [0.5, 0.6) is 5.75 Å². The van der Waals surface area contributed by atoms with Gasteiger partial charge in [0, 0.05) is 18.2 Å². The van der Waals surface area contributed by atoms with Crippen LogP contribution in [-0.2, 0) is 13.2 Å². The smallest absolute Gasteiger partial charge is 0.130 e. The monoisotopic (exact) mass is 263 g/mol. The molecule has 5 heteroatoms. The van der Waals surface area contributed by atoms with Crippen molar-refractivity contribution in [3.63, 3.8) is 0 Å². The van der Waals surface area contributed by atoms with Crippen molar-refractivity contribution in [2.24, 2.45) is 5.73 Å². The molecule has 19 heavy (non-hydrogen) atoms. The number of aromatic nitrogens is 2. The highest BCUT2D eigenvalue weighted by atomic mass is 19.1. The molecule has 0 aliphatic carbocycles. The van der Waals surface area contributed by atoms with Crippen LogP contribution in [0.25, 0.3) is 0 Å². The summed E-state index contributed by atoms with van der Waals surface area (Å²) < 4.78 is 20.9. The molecule has 2 aromatic rings. The van der Waals surface area contributed by atoms with Crippen LogP contribution in [0.4, 0.5) is 4.39 Å². The van der Waals surface area contributed by atoms with Crippen molar-refractivity contribution in [1.82, 2.24) is 9.55 Å². The predicted octanol–water partition coefficient (Wildman–Crippen LogP) is 2.64. The minimum absolute atomic E-state index is 0.276. The zero-order valence-electron chi connectivity index (χ0n) is 11.1. The Morgan fingerprint density at radius 3 is 2.95 bits per heavy atom. The van der Waals surface area contributed by atoms with Crippen molar-refractivity contribution in [1.29, 1.82) is 0 Å². The Bertz CT molecular complexity index is 551. The van der Waals surface area contributed by atoms with Crippen LogP contribution >= 0.6 is 0 Å². The molecule has 0 unspecified atom stereocenters. The molecule has 0 aliphatic rings. The molecule has 0 saturated heterocycles. The molecule has 102 valence electrons. The minimum Gasteiger partial charge on any atom is -0.487 e. The van der Waals surface area contributed by atoms with E-state index in [1.54, 1.807) is 25.5 Å². The number of rotatable bonds is 5. The third-order valence-electron chi connectivity index (χ3n) is 2.98. The van der Waals surface area contributed by atoms with E-state index in [9.17, 15) is 4.39 Å². The normalized spacial score (nSPS) is 12.4. The lowest BCUT2D eigenvalue weighted by molar-refractivity contribution is 0.290. The predicted molar refractivity (Wildman–Crippen MR) is 71.2 cm³/mol. The first-order chi connectivity index (χ1) is 9.11. The second-order valence-electron chi connectivity index (χ2n) is 4.43. The Hall–Kier alpha value is -1.88. The maximum absolute atomic E-state index is 13.2. The van der Waals surface area contributed by atoms with Crippen molar-refractivity contribution in [2.45, 2.75) is 33.0 Å². The molecule has 1 heterocycles. The van der Waals surface area contributed by atoms with Crippen molar-refractivity contribution in [3.8, 4) is 5.75 Å². The second-order valence-corrected chi connectivity index (χ2v) is 4.43. The molecule has 0 saturated carbocycles. The molecule has 0 amide bonds. The molecule has 0 fully saturated rings. The third kappa shape index (κ3) is 3.12. The van der Waals surface area contributed by atoms with Crippen LogP contribution in [0.3, 0.4) is 0 Å². The fourth-order valence-corrected chi connectivity index (χ4v) is 1.91. The summed E-state index contributed by atoms with van der Waals surface area (Å²) in [5.74, 6) is 0.304. The quantitative estimate of drug-likeness (QED) is 0.902. The number of aryl methyl sites for hydroxylation is 1. The van der Waals surface area contributed by atoms with Crippen molar-refractivity contribution >= 4 is 0 Å². The lowest BCUT2D eigenvalue weighted by Crippen LogP contribution is -2.10. The van der Waals surface area contributed by atoms with E-state index in [0.717, 1.165) is 12.2 Å². The number of ether oxygens (including phenoxy) is 1. The first-order valence-corrected chi connectivity index (χ1v) is 6.28. The Morgan fingerprint density at radius 1 is 1.47 bits per heavy atom. The summed E-state index contributed by atoms with van der Waals surface area (Å²) in [7, 11) is 0. The summed E-state index contributed by atoms with van der Waals surface area (Å²) in [5.41, 5.74) is 7.47. The van der Waals surface area contributed by atoms with Gasteiger partial charge < -0.3 is 15.0 Å². The summed E-state index contributed by atoms with van der Waals surface area (Å²) in [5, 5.41) is 0. The Kier molecular flexibility index (Phi) is 4.16. The lowest BCUT2D eigenvalue weighted by atomic mass is 10.1. The standard InChI is InChI=1S/C14H18FN3O/c1-3-18-9-17-7-12(18)8-19-14-5-4-11(15)6-13(14)10(2)16/h4-7,9-10H,3,8,16H2,1-2H3/t10-/m1/s1. The van der Waals surface area contributed by atoms with Gasteiger partial charge in [-0.3, -0.25) is 0 Å². The van der Waals surface area contributed by atoms with E-state index in [-0.39, 0.29) is 11.9 Å². The van der Waals surface area contributed by atoms with Gasteiger partial charge in [0.2, 0.25) is 0 Å². The molecule has 0 aliphatic heterocycles. The van der Waals surface area contributed by atoms with Crippen LogP contribution in [-0.4, -0.2) is 9.55 Å². The van der Waals surface area contributed by atoms with Gasteiger partial charge in [0.15, 0.2) is 0 Å². The van der Waals surface area contributed by atoms with Crippen molar-refractivity contribution in [2.75, 3.05) is 0 Å². The highest BCUT2D eigenvalue weighted by molar-refractivity contribution is 5.36. The van der Waals surface area contributed by atoms with E-state index < -0.39 is 0 Å². The molecular formula is C14H18FN3O. The average Bonchev–Trinajstić information content (AvgIpc) is 2.84. The topological polar surface area (TPSA) is 53.1 Å². The Labute approximate surface area is 112 Å². The molecular weight excluding hydrogens is 245 g/mol. The van der Waals surface area contributed by atoms with Gasteiger partial charge in [0.1, 0.15) is 18.2 Å². The summed E-state index contributed by atoms with van der Waals surface area (Å²) in [6.07, 6.45) is 3.52. The van der Waals surface area contributed by atoms with Crippen LogP contribution in [0.2, 0.25) is 0 Å². The number of nitrogens with two attached hydrogens (primary N) is 1. The Morgan fingerprint density at radius 2 is 2.26 bits per heavy atom. The number of hydrogen-bond donors (Lipinski definition) is 1. The van der Waals surface area contributed by atoms with Gasteiger partial charge in [0.05, 0.1) is 18.2 Å². The number of nitrogens with zero attached hydrogens (tertiary/aromatic N) is 2. The number of imidazole rings is 1. The van der Waals surface area contributed by atoms with Gasteiger partial charge in [-0.25, -0.2) is 9.37 Å². The van der Waals surface area contributed by atoms with E-state index in [4.69, 9.17) is 10.5 Å². The van der Waals surface area contributed by atoms with Crippen LogP contribution in [0, 0.1) is 5.82 Å². The zero-order valence-corrected chi connectivity index (χ0v) is 11.1. The third-order valence-corrected chi connectivity index (χ3v) is 2.98. The van der Waals surface area contributed by atoms with E-state index in [0.29, 0.717) is 17.9 Å². The zero-order chi connectivity index (χ0) is 13.8. The summed E-state index contributed by atoms with van der Waals surface area (Å²) in [6.45, 7) is 5.07. The maximum Gasteiger partial charge on any atom is 0.130 e. The van der Waals surface area contributed by atoms with Crippen molar-refractivity contribution < 1.29 is 9.13 Å². The molecule has 0 bridgehead atoms. The molecule has 1 aromatic heterocycles. The van der Waals surface area contributed by atoms with Gasteiger partial charge in [-0.1, -0.05) is 0 Å². The lowest BCUT2D eigenvalue weighted by Gasteiger charge is -2.14. The van der Waals surface area contributed by atoms with Crippen LogP contribution < -0.4 is 10.5 Å². The number of halogens is 1. The average molecular weight is 263 g/mol. The fraction of sp³-hybridized carbons (Fsp3) is 0.357. The van der Waals surface area contributed by atoms with Crippen molar-refractivity contribution in [3.05, 3.63) is 47.8 Å². The number of hydrogen-bond acceptors (Lipinski definition) is 3. The van der Waals surface area contributed by atoms with E-state index >= 15 is 0 Å². The Balaban J connectivity index is 2.15. The van der Waals surface area contributed by atoms with Crippen LogP contribution in [0.1, 0.15) is 31.1 Å². The van der Waals surface area contributed by atoms with Gasteiger partial charge >= 0.3 is 0 Å². The summed E-state index contributed by atoms with van der Waals surface area (Å²) in [4.78, 5) is 4.08. The van der Waals surface area contributed by atoms with E-state index in [1.807, 2.05) is 11.5 Å². The largest absolute Gasteiger partial charge is 0.487 e. The van der Waals surface area contributed by atoms with Gasteiger partial charge in [-0.15, -0.1) is 0 Å². The fourth-order valence-electron chi connectivity index (χ4n) is 1.91. The van der Waals surface area contributed by atoms with E-state index in [2.05, 4.69) is 4.98 Å². The SMILES string of the molecule is CCn1cncc1COc1ccc(F)cc1[C@@H](C)N. The first kappa shape index (κ1) is 13.5. The number of benzene rings is 1. The maximum atomic E-state index is 13.2. The second kappa shape index (κ2) is 5.84. The summed E-state index contributed by atoms with van der Waals surface area (Å²) in [6, 6.07) is 4.12. The van der Waals surface area contributed by atoms with Crippen LogP contribution in [0.15, 0.2) is 30.7 Å². The molecule has 2 N–H and O–H groups in total. The van der Waals surface area contributed by atoms with Gasteiger partial charge in [-0.2, -0.15) is 0 Å². The molecule has 0 radical (unpaired) electrons. The molecule has 1 aromatic carbocycles. The highest BCUT2D eigenvalue weighted by Gasteiger charge is 2.10.